The van der Waals surface area contributed by atoms with Crippen LogP contribution in [0.1, 0.15) is 26.2 Å². The van der Waals surface area contributed by atoms with E-state index in [1.165, 1.54) is 0 Å². The SMILES string of the molecule is CCCCOC(=O)C(N)[C@@H]1CCOC1. The van der Waals surface area contributed by atoms with E-state index in [4.69, 9.17) is 15.2 Å². The largest absolute Gasteiger partial charge is 0.465 e. The summed E-state index contributed by atoms with van der Waals surface area (Å²) in [6.45, 7) is 3.83. The highest BCUT2D eigenvalue weighted by atomic mass is 16.5. The molecule has 0 radical (unpaired) electrons. The first-order chi connectivity index (χ1) is 6.75. The summed E-state index contributed by atoms with van der Waals surface area (Å²) < 4.78 is 10.2. The zero-order valence-corrected chi connectivity index (χ0v) is 8.70. The Morgan fingerprint density at radius 2 is 2.50 bits per heavy atom. The van der Waals surface area contributed by atoms with E-state index in [9.17, 15) is 4.79 Å². The third-order valence-electron chi connectivity index (χ3n) is 2.49. The van der Waals surface area contributed by atoms with E-state index in [0.717, 1.165) is 19.3 Å². The van der Waals surface area contributed by atoms with Gasteiger partial charge in [-0.15, -0.1) is 0 Å². The Kier molecular flexibility index (Phi) is 4.90. The van der Waals surface area contributed by atoms with Crippen molar-refractivity contribution in [2.75, 3.05) is 19.8 Å². The van der Waals surface area contributed by atoms with E-state index in [1.54, 1.807) is 0 Å². The van der Waals surface area contributed by atoms with Crippen LogP contribution in [0.3, 0.4) is 0 Å². The first kappa shape index (κ1) is 11.5. The first-order valence-corrected chi connectivity index (χ1v) is 5.25. The van der Waals surface area contributed by atoms with Gasteiger partial charge in [0, 0.05) is 12.5 Å². The smallest absolute Gasteiger partial charge is 0.323 e. The van der Waals surface area contributed by atoms with Crippen molar-refractivity contribution in [3.8, 4) is 0 Å². The summed E-state index contributed by atoms with van der Waals surface area (Å²) in [7, 11) is 0. The zero-order valence-electron chi connectivity index (χ0n) is 8.70. The maximum absolute atomic E-state index is 11.4. The van der Waals surface area contributed by atoms with Gasteiger partial charge in [-0.3, -0.25) is 4.79 Å². The van der Waals surface area contributed by atoms with Gasteiger partial charge in [0.2, 0.25) is 0 Å². The van der Waals surface area contributed by atoms with Crippen LogP contribution in [0.15, 0.2) is 0 Å². The fourth-order valence-corrected chi connectivity index (χ4v) is 1.44. The lowest BCUT2D eigenvalue weighted by Gasteiger charge is -2.15. The average molecular weight is 201 g/mol. The van der Waals surface area contributed by atoms with Crippen molar-refractivity contribution in [2.24, 2.45) is 11.7 Å². The van der Waals surface area contributed by atoms with Crippen LogP contribution < -0.4 is 5.73 Å². The van der Waals surface area contributed by atoms with Crippen molar-refractivity contribution < 1.29 is 14.3 Å². The van der Waals surface area contributed by atoms with E-state index in [2.05, 4.69) is 6.92 Å². The minimum absolute atomic E-state index is 0.143. The highest BCUT2D eigenvalue weighted by molar-refractivity contribution is 5.75. The molecule has 0 aromatic carbocycles. The molecule has 0 spiro atoms. The normalized spacial score (nSPS) is 23.4. The highest BCUT2D eigenvalue weighted by Gasteiger charge is 2.29. The molecule has 1 rings (SSSR count). The number of rotatable bonds is 5. The van der Waals surface area contributed by atoms with Crippen LogP contribution in [0.2, 0.25) is 0 Å². The summed E-state index contributed by atoms with van der Waals surface area (Å²) in [4.78, 5) is 11.4. The van der Waals surface area contributed by atoms with E-state index in [0.29, 0.717) is 19.8 Å². The summed E-state index contributed by atoms with van der Waals surface area (Å²) in [5.41, 5.74) is 5.75. The van der Waals surface area contributed by atoms with Crippen LogP contribution in [0.5, 0.6) is 0 Å². The molecule has 1 saturated heterocycles. The van der Waals surface area contributed by atoms with Gasteiger partial charge in [0.05, 0.1) is 13.2 Å². The summed E-state index contributed by atoms with van der Waals surface area (Å²) in [5.74, 6) is -0.141. The molecule has 4 nitrogen and oxygen atoms in total. The van der Waals surface area contributed by atoms with E-state index >= 15 is 0 Å². The second kappa shape index (κ2) is 5.98. The molecular weight excluding hydrogens is 182 g/mol. The van der Waals surface area contributed by atoms with Gasteiger partial charge >= 0.3 is 5.97 Å². The molecule has 2 atom stereocenters. The van der Waals surface area contributed by atoms with Gasteiger partial charge in [0.25, 0.3) is 0 Å². The van der Waals surface area contributed by atoms with Gasteiger partial charge in [0.1, 0.15) is 6.04 Å². The van der Waals surface area contributed by atoms with Crippen LogP contribution in [-0.4, -0.2) is 31.8 Å². The van der Waals surface area contributed by atoms with Gasteiger partial charge in [-0.05, 0) is 12.8 Å². The lowest BCUT2D eigenvalue weighted by Crippen LogP contribution is -2.39. The van der Waals surface area contributed by atoms with Gasteiger partial charge in [-0.2, -0.15) is 0 Å². The summed E-state index contributed by atoms with van der Waals surface area (Å²) in [6, 6.07) is -0.505. The van der Waals surface area contributed by atoms with E-state index < -0.39 is 6.04 Å². The molecule has 1 aliphatic rings. The molecular formula is C10H19NO3. The van der Waals surface area contributed by atoms with Crippen molar-refractivity contribution >= 4 is 5.97 Å². The third kappa shape index (κ3) is 3.27. The molecule has 1 heterocycles. The van der Waals surface area contributed by atoms with Crippen LogP contribution in [0.4, 0.5) is 0 Å². The predicted molar refractivity (Wildman–Crippen MR) is 52.8 cm³/mol. The molecule has 0 saturated carbocycles. The molecule has 4 heteroatoms. The molecule has 0 aliphatic carbocycles. The maximum atomic E-state index is 11.4. The van der Waals surface area contributed by atoms with Gasteiger partial charge in [-0.1, -0.05) is 13.3 Å². The summed E-state index contributed by atoms with van der Waals surface area (Å²) >= 11 is 0. The molecule has 1 unspecified atom stereocenters. The second-order valence-electron chi connectivity index (χ2n) is 3.67. The number of nitrogens with two attached hydrogens (primary N) is 1. The lowest BCUT2D eigenvalue weighted by atomic mass is 10.0. The Balaban J connectivity index is 2.21. The van der Waals surface area contributed by atoms with Crippen molar-refractivity contribution in [2.45, 2.75) is 32.2 Å². The highest BCUT2D eigenvalue weighted by Crippen LogP contribution is 2.16. The Hall–Kier alpha value is -0.610. The summed E-state index contributed by atoms with van der Waals surface area (Å²) in [5, 5.41) is 0. The second-order valence-corrected chi connectivity index (χ2v) is 3.67. The molecule has 1 fully saturated rings. The number of carbonyl (C=O) groups excluding carboxylic acids is 1. The predicted octanol–water partition coefficient (Wildman–Crippen LogP) is 0.694. The van der Waals surface area contributed by atoms with Crippen molar-refractivity contribution in [1.82, 2.24) is 0 Å². The first-order valence-electron chi connectivity index (χ1n) is 5.25. The number of hydrogen-bond donors (Lipinski definition) is 1. The number of unbranched alkanes of at least 4 members (excludes halogenated alkanes) is 1. The number of hydrogen-bond acceptors (Lipinski definition) is 4. The Labute approximate surface area is 84.7 Å². The van der Waals surface area contributed by atoms with Gasteiger partial charge in [0.15, 0.2) is 0 Å². The fourth-order valence-electron chi connectivity index (χ4n) is 1.44. The van der Waals surface area contributed by atoms with Crippen LogP contribution in [-0.2, 0) is 14.3 Å². The third-order valence-corrected chi connectivity index (χ3v) is 2.49. The quantitative estimate of drug-likeness (QED) is 0.525. The van der Waals surface area contributed by atoms with Crippen molar-refractivity contribution in [3.05, 3.63) is 0 Å². The molecule has 14 heavy (non-hydrogen) atoms. The molecule has 0 amide bonds. The molecule has 82 valence electrons. The lowest BCUT2D eigenvalue weighted by molar-refractivity contribution is -0.146. The Morgan fingerprint density at radius 1 is 1.71 bits per heavy atom. The van der Waals surface area contributed by atoms with Crippen LogP contribution in [0, 0.1) is 5.92 Å². The average Bonchev–Trinajstić information content (AvgIpc) is 2.69. The number of ether oxygens (including phenoxy) is 2. The van der Waals surface area contributed by atoms with Crippen LogP contribution >= 0.6 is 0 Å². The van der Waals surface area contributed by atoms with Crippen molar-refractivity contribution in [1.29, 1.82) is 0 Å². The molecule has 0 aromatic heterocycles. The summed E-state index contributed by atoms with van der Waals surface area (Å²) in [6.07, 6.45) is 2.79. The monoisotopic (exact) mass is 201 g/mol. The Bertz CT molecular complexity index is 178. The van der Waals surface area contributed by atoms with E-state index in [1.807, 2.05) is 0 Å². The number of carbonyl (C=O) groups is 1. The minimum Gasteiger partial charge on any atom is -0.465 e. The zero-order chi connectivity index (χ0) is 10.4. The molecule has 1 aliphatic heterocycles. The topological polar surface area (TPSA) is 61.5 Å². The number of esters is 1. The minimum atomic E-state index is -0.505. The maximum Gasteiger partial charge on any atom is 0.323 e. The van der Waals surface area contributed by atoms with Gasteiger partial charge < -0.3 is 15.2 Å². The fraction of sp³-hybridized carbons (Fsp3) is 0.900. The molecule has 0 bridgehead atoms. The van der Waals surface area contributed by atoms with Crippen molar-refractivity contribution in [3.63, 3.8) is 0 Å². The molecule has 0 aromatic rings. The van der Waals surface area contributed by atoms with Gasteiger partial charge in [-0.25, -0.2) is 0 Å². The standard InChI is InChI=1S/C10H19NO3/c1-2-3-5-14-10(12)9(11)8-4-6-13-7-8/h8-9H,2-7,11H2,1H3/t8-,9?/m1/s1. The van der Waals surface area contributed by atoms with Crippen LogP contribution in [0.25, 0.3) is 0 Å². The Morgan fingerprint density at radius 3 is 3.07 bits per heavy atom. The molecule has 2 N–H and O–H groups in total. The van der Waals surface area contributed by atoms with E-state index in [-0.39, 0.29) is 11.9 Å².